The zero-order valence-electron chi connectivity index (χ0n) is 10.4. The van der Waals surface area contributed by atoms with Crippen molar-refractivity contribution in [3.8, 4) is 0 Å². The third kappa shape index (κ3) is 3.19. The first-order valence-corrected chi connectivity index (χ1v) is 5.85. The second-order valence-corrected chi connectivity index (χ2v) is 4.16. The molecule has 0 saturated heterocycles. The van der Waals surface area contributed by atoms with Crippen LogP contribution in [0.1, 0.15) is 18.6 Å². The molecule has 100 valence electrons. The van der Waals surface area contributed by atoms with Gasteiger partial charge in [-0.15, -0.1) is 0 Å². The molecule has 0 unspecified atom stereocenters. The lowest BCUT2D eigenvalue weighted by Gasteiger charge is -1.98. The fourth-order valence-electron chi connectivity index (χ4n) is 1.79. The Balaban J connectivity index is 2.03. The van der Waals surface area contributed by atoms with Crippen LogP contribution in [0, 0.1) is 5.82 Å². The summed E-state index contributed by atoms with van der Waals surface area (Å²) in [6.07, 6.45) is 0.182. The number of hydrogen-bond acceptors (Lipinski definition) is 4. The summed E-state index contributed by atoms with van der Waals surface area (Å²) in [5.74, 6) is -0.630. The summed E-state index contributed by atoms with van der Waals surface area (Å²) >= 11 is 0. The molecule has 2 aromatic rings. The number of esters is 1. The van der Waals surface area contributed by atoms with Crippen LogP contribution in [-0.2, 0) is 20.7 Å². The van der Waals surface area contributed by atoms with Gasteiger partial charge in [-0.2, -0.15) is 0 Å². The lowest BCUT2D eigenvalue weighted by molar-refractivity contribution is -0.141. The highest BCUT2D eigenvalue weighted by atomic mass is 19.1. The monoisotopic (exact) mass is 264 g/mol. The molecule has 0 fully saturated rings. The average Bonchev–Trinajstić information content (AvgIpc) is 2.80. The normalized spacial score (nSPS) is 10.6. The molecular weight excluding hydrogens is 251 g/mol. The molecule has 1 aromatic carbocycles. The van der Waals surface area contributed by atoms with E-state index in [9.17, 15) is 14.0 Å². The van der Waals surface area contributed by atoms with Crippen molar-refractivity contribution in [1.29, 1.82) is 0 Å². The molecule has 0 bridgehead atoms. The van der Waals surface area contributed by atoms with Crippen LogP contribution in [0.15, 0.2) is 28.7 Å². The molecule has 0 radical (unpaired) electrons. The molecule has 0 aliphatic heterocycles. The largest absolute Gasteiger partial charge is 0.469 e. The second kappa shape index (κ2) is 5.65. The zero-order chi connectivity index (χ0) is 13.8. The molecule has 0 saturated carbocycles. The number of hydrogen-bond donors (Lipinski definition) is 0. The van der Waals surface area contributed by atoms with E-state index in [-0.39, 0.29) is 30.6 Å². The van der Waals surface area contributed by atoms with Crippen LogP contribution in [-0.4, -0.2) is 18.9 Å². The van der Waals surface area contributed by atoms with E-state index < -0.39 is 11.8 Å². The number of para-hydroxylation sites is 1. The molecule has 5 heteroatoms. The SMILES string of the molecule is COC(=O)CCC(=O)Cc1cc2cccc(F)c2o1. The van der Waals surface area contributed by atoms with Gasteiger partial charge in [-0.3, -0.25) is 9.59 Å². The van der Waals surface area contributed by atoms with Gasteiger partial charge in [0.25, 0.3) is 0 Å². The van der Waals surface area contributed by atoms with Crippen LogP contribution >= 0.6 is 0 Å². The number of fused-ring (bicyclic) bond motifs is 1. The second-order valence-electron chi connectivity index (χ2n) is 4.16. The van der Waals surface area contributed by atoms with Gasteiger partial charge in [-0.25, -0.2) is 4.39 Å². The van der Waals surface area contributed by atoms with E-state index in [2.05, 4.69) is 4.74 Å². The third-order valence-corrected chi connectivity index (χ3v) is 2.75. The fraction of sp³-hybridized carbons (Fsp3) is 0.286. The maximum absolute atomic E-state index is 13.4. The predicted molar refractivity (Wildman–Crippen MR) is 66.1 cm³/mol. The van der Waals surface area contributed by atoms with Gasteiger partial charge < -0.3 is 9.15 Å². The molecule has 0 atom stereocenters. The minimum absolute atomic E-state index is 0.0456. The predicted octanol–water partition coefficient (Wildman–Crippen LogP) is 2.64. The highest BCUT2D eigenvalue weighted by Crippen LogP contribution is 2.22. The van der Waals surface area contributed by atoms with E-state index in [0.717, 1.165) is 0 Å². The smallest absolute Gasteiger partial charge is 0.305 e. The summed E-state index contributed by atoms with van der Waals surface area (Å²) in [6, 6.07) is 6.23. The number of benzene rings is 1. The summed E-state index contributed by atoms with van der Waals surface area (Å²) < 4.78 is 23.1. The van der Waals surface area contributed by atoms with Crippen LogP contribution < -0.4 is 0 Å². The molecule has 2 rings (SSSR count). The number of methoxy groups -OCH3 is 1. The maximum atomic E-state index is 13.4. The highest BCUT2D eigenvalue weighted by molar-refractivity contribution is 5.86. The molecule has 0 aliphatic carbocycles. The van der Waals surface area contributed by atoms with Crippen molar-refractivity contribution >= 4 is 22.7 Å². The van der Waals surface area contributed by atoms with Crippen molar-refractivity contribution in [3.63, 3.8) is 0 Å². The molecule has 0 spiro atoms. The van der Waals surface area contributed by atoms with Crippen LogP contribution in [0.5, 0.6) is 0 Å². The standard InChI is InChI=1S/C14H13FO4/c1-18-13(17)6-5-10(16)8-11-7-9-3-2-4-12(15)14(9)19-11/h2-4,7H,5-6,8H2,1H3. The summed E-state index contributed by atoms with van der Waals surface area (Å²) in [5, 5.41) is 0.621. The third-order valence-electron chi connectivity index (χ3n) is 2.75. The number of rotatable bonds is 5. The van der Waals surface area contributed by atoms with Crippen molar-refractivity contribution in [2.75, 3.05) is 7.11 Å². The Morgan fingerprint density at radius 2 is 2.11 bits per heavy atom. The molecule has 0 aliphatic rings. The Morgan fingerprint density at radius 3 is 2.79 bits per heavy atom. The van der Waals surface area contributed by atoms with Crippen molar-refractivity contribution in [1.82, 2.24) is 0 Å². The van der Waals surface area contributed by atoms with Crippen molar-refractivity contribution in [3.05, 3.63) is 35.8 Å². The number of furan rings is 1. The van der Waals surface area contributed by atoms with E-state index >= 15 is 0 Å². The minimum atomic E-state index is -0.453. The summed E-state index contributed by atoms with van der Waals surface area (Å²) in [4.78, 5) is 22.5. The number of halogens is 1. The Bertz CT molecular complexity index is 615. The van der Waals surface area contributed by atoms with E-state index in [1.165, 1.54) is 13.2 Å². The number of ketones is 1. The van der Waals surface area contributed by atoms with Crippen molar-refractivity contribution in [2.24, 2.45) is 0 Å². The van der Waals surface area contributed by atoms with Crippen LogP contribution in [0.2, 0.25) is 0 Å². The van der Waals surface area contributed by atoms with E-state index in [1.54, 1.807) is 18.2 Å². The van der Waals surface area contributed by atoms with Crippen LogP contribution in [0.25, 0.3) is 11.0 Å². The number of carbonyl (C=O) groups excluding carboxylic acids is 2. The molecular formula is C14H13FO4. The lowest BCUT2D eigenvalue weighted by atomic mass is 10.1. The molecule has 1 aromatic heterocycles. The summed E-state index contributed by atoms with van der Waals surface area (Å²) in [6.45, 7) is 0. The molecule has 1 heterocycles. The quantitative estimate of drug-likeness (QED) is 0.779. The van der Waals surface area contributed by atoms with Gasteiger partial charge in [0.1, 0.15) is 11.5 Å². The van der Waals surface area contributed by atoms with Gasteiger partial charge in [0.05, 0.1) is 20.0 Å². The van der Waals surface area contributed by atoms with E-state index in [0.29, 0.717) is 11.1 Å². The number of carbonyl (C=O) groups is 2. The number of ether oxygens (including phenoxy) is 1. The lowest BCUT2D eigenvalue weighted by Crippen LogP contribution is -2.07. The first-order chi connectivity index (χ1) is 9.10. The molecule has 0 N–H and O–H groups in total. The van der Waals surface area contributed by atoms with Crippen molar-refractivity contribution in [2.45, 2.75) is 19.3 Å². The Hall–Kier alpha value is -2.17. The van der Waals surface area contributed by atoms with Gasteiger partial charge in [0.2, 0.25) is 0 Å². The molecule has 4 nitrogen and oxygen atoms in total. The first kappa shape index (κ1) is 13.3. The van der Waals surface area contributed by atoms with Crippen LogP contribution in [0.4, 0.5) is 4.39 Å². The highest BCUT2D eigenvalue weighted by Gasteiger charge is 2.12. The Kier molecular flexibility index (Phi) is 3.94. The fourth-order valence-corrected chi connectivity index (χ4v) is 1.79. The van der Waals surface area contributed by atoms with Crippen LogP contribution in [0.3, 0.4) is 0 Å². The Morgan fingerprint density at radius 1 is 1.32 bits per heavy atom. The van der Waals surface area contributed by atoms with Gasteiger partial charge in [-0.05, 0) is 12.1 Å². The topological polar surface area (TPSA) is 56.5 Å². The van der Waals surface area contributed by atoms with Crippen molar-refractivity contribution < 1.29 is 23.1 Å². The molecule has 0 amide bonds. The number of Topliss-reactive ketones (excluding diaryl/α,β-unsaturated/α-hetero) is 1. The average molecular weight is 264 g/mol. The minimum Gasteiger partial charge on any atom is -0.469 e. The summed E-state index contributed by atoms with van der Waals surface area (Å²) in [7, 11) is 1.27. The summed E-state index contributed by atoms with van der Waals surface area (Å²) in [5.41, 5.74) is 0.151. The van der Waals surface area contributed by atoms with Gasteiger partial charge in [-0.1, -0.05) is 12.1 Å². The van der Waals surface area contributed by atoms with E-state index in [4.69, 9.17) is 4.42 Å². The van der Waals surface area contributed by atoms with Gasteiger partial charge in [0, 0.05) is 11.8 Å². The zero-order valence-corrected chi connectivity index (χ0v) is 10.4. The molecule has 19 heavy (non-hydrogen) atoms. The van der Waals surface area contributed by atoms with Gasteiger partial charge >= 0.3 is 5.97 Å². The Labute approximate surface area is 109 Å². The maximum Gasteiger partial charge on any atom is 0.305 e. The first-order valence-electron chi connectivity index (χ1n) is 5.85. The van der Waals surface area contributed by atoms with E-state index in [1.807, 2.05) is 0 Å². The van der Waals surface area contributed by atoms with Gasteiger partial charge in [0.15, 0.2) is 11.4 Å².